The summed E-state index contributed by atoms with van der Waals surface area (Å²) < 4.78 is 18.8. The zero-order valence-corrected chi connectivity index (χ0v) is 21.1. The Bertz CT molecular complexity index is 1130. The Morgan fingerprint density at radius 3 is 2.63 bits per heavy atom. The van der Waals surface area contributed by atoms with Crippen LogP contribution in [0, 0.1) is 0 Å². The number of nitrogens with one attached hydrogen (secondary N) is 1. The molecule has 1 spiro atoms. The molecule has 35 heavy (non-hydrogen) atoms. The highest BCUT2D eigenvalue weighted by molar-refractivity contribution is 5.60. The summed E-state index contributed by atoms with van der Waals surface area (Å²) in [6.07, 6.45) is 4.27. The van der Waals surface area contributed by atoms with E-state index in [9.17, 15) is 0 Å². The minimum Gasteiger partial charge on any atom is -0.491 e. The van der Waals surface area contributed by atoms with Crippen molar-refractivity contribution in [3.63, 3.8) is 0 Å². The Kier molecular flexibility index (Phi) is 8.32. The molecule has 0 bridgehead atoms. The van der Waals surface area contributed by atoms with Gasteiger partial charge in [0.25, 0.3) is 0 Å². The van der Waals surface area contributed by atoms with Crippen LogP contribution in [-0.4, -0.2) is 24.9 Å². The first kappa shape index (κ1) is 25.1. The molecule has 0 aromatic heterocycles. The summed E-state index contributed by atoms with van der Waals surface area (Å²) in [5.74, 6) is 2.23. The normalized spacial score (nSPS) is 17.3. The van der Waals surface area contributed by atoms with Gasteiger partial charge in [-0.3, -0.25) is 0 Å². The fraction of sp³-hybridized carbons (Fsp3) is 0.400. The standard InChI is InChI=1S/C28H31NO4.C2H6/c1-2-3-6-13-29-22-10-9-20-18-28(24-8-5-4-7-21(24)19-32-28)25-12-11-23(31-15-14-30)17-27(25)33-26(20)16-22;1-2/h4-5,7-12,16-17,29-30H,2-3,6,13-15,18-19H2,1H3;1-2H3. The monoisotopic (exact) mass is 475 g/mol. The van der Waals surface area contributed by atoms with Gasteiger partial charge in [0.05, 0.1) is 13.2 Å². The van der Waals surface area contributed by atoms with Crippen LogP contribution in [0.4, 0.5) is 5.69 Å². The topological polar surface area (TPSA) is 60.0 Å². The smallest absolute Gasteiger partial charge is 0.137 e. The summed E-state index contributed by atoms with van der Waals surface area (Å²) in [5, 5.41) is 12.7. The third-order valence-electron chi connectivity index (χ3n) is 6.51. The van der Waals surface area contributed by atoms with Crippen LogP contribution in [-0.2, 0) is 23.4 Å². The van der Waals surface area contributed by atoms with Crippen LogP contribution in [0.1, 0.15) is 62.3 Å². The van der Waals surface area contributed by atoms with E-state index in [2.05, 4.69) is 54.7 Å². The summed E-state index contributed by atoms with van der Waals surface area (Å²) in [6.45, 7) is 7.94. The van der Waals surface area contributed by atoms with Gasteiger partial charge in [0.2, 0.25) is 0 Å². The SMILES string of the molecule is CC.CCCCCNc1ccc2c(c1)Oc1cc(OCCO)ccc1C1(C2)OCc2ccccc21. The lowest BCUT2D eigenvalue weighted by Crippen LogP contribution is -2.29. The molecule has 2 aliphatic rings. The van der Waals surface area contributed by atoms with Crippen LogP contribution in [0.3, 0.4) is 0 Å². The highest BCUT2D eigenvalue weighted by atomic mass is 16.5. The second-order valence-corrected chi connectivity index (χ2v) is 8.74. The van der Waals surface area contributed by atoms with Crippen molar-refractivity contribution in [2.75, 3.05) is 25.1 Å². The molecule has 0 amide bonds. The fourth-order valence-electron chi connectivity index (χ4n) is 4.86. The number of hydrogen-bond acceptors (Lipinski definition) is 5. The van der Waals surface area contributed by atoms with E-state index in [4.69, 9.17) is 19.3 Å². The number of ether oxygens (including phenoxy) is 3. The average molecular weight is 476 g/mol. The molecule has 2 heterocycles. The molecule has 1 unspecified atom stereocenters. The van der Waals surface area contributed by atoms with Crippen LogP contribution in [0.25, 0.3) is 0 Å². The number of fused-ring (bicyclic) bond motifs is 5. The maximum Gasteiger partial charge on any atom is 0.137 e. The lowest BCUT2D eigenvalue weighted by Gasteiger charge is -2.30. The first-order valence-electron chi connectivity index (χ1n) is 12.9. The first-order chi connectivity index (χ1) is 17.2. The summed E-state index contributed by atoms with van der Waals surface area (Å²) in [7, 11) is 0. The van der Waals surface area contributed by atoms with Crippen molar-refractivity contribution >= 4 is 5.69 Å². The van der Waals surface area contributed by atoms with Gasteiger partial charge in [-0.2, -0.15) is 0 Å². The van der Waals surface area contributed by atoms with Gasteiger partial charge < -0.3 is 24.6 Å². The van der Waals surface area contributed by atoms with Gasteiger partial charge >= 0.3 is 0 Å². The minimum absolute atomic E-state index is 0.0335. The molecule has 2 aliphatic heterocycles. The number of rotatable bonds is 8. The molecule has 3 aromatic carbocycles. The Balaban J connectivity index is 0.00000141. The molecular weight excluding hydrogens is 438 g/mol. The predicted molar refractivity (Wildman–Crippen MR) is 141 cm³/mol. The molecule has 0 saturated heterocycles. The van der Waals surface area contributed by atoms with Crippen LogP contribution in [0.15, 0.2) is 60.7 Å². The molecule has 0 aliphatic carbocycles. The molecule has 5 nitrogen and oxygen atoms in total. The van der Waals surface area contributed by atoms with Crippen LogP contribution < -0.4 is 14.8 Å². The van der Waals surface area contributed by atoms with Crippen LogP contribution in [0.5, 0.6) is 17.2 Å². The first-order valence-corrected chi connectivity index (χ1v) is 12.9. The Labute approximate surface area is 209 Å². The van der Waals surface area contributed by atoms with E-state index in [0.717, 1.165) is 41.3 Å². The molecule has 1 atom stereocenters. The zero-order valence-electron chi connectivity index (χ0n) is 21.1. The fourth-order valence-corrected chi connectivity index (χ4v) is 4.86. The number of aliphatic hydroxyl groups is 1. The molecule has 0 fully saturated rings. The third kappa shape index (κ3) is 5.16. The largest absolute Gasteiger partial charge is 0.491 e. The van der Waals surface area contributed by atoms with E-state index in [1.807, 2.05) is 32.0 Å². The number of aliphatic hydroxyl groups excluding tert-OH is 1. The second-order valence-electron chi connectivity index (χ2n) is 8.74. The van der Waals surface area contributed by atoms with E-state index in [-0.39, 0.29) is 13.2 Å². The van der Waals surface area contributed by atoms with Crippen molar-refractivity contribution in [1.82, 2.24) is 0 Å². The second kappa shape index (κ2) is 11.6. The molecule has 2 N–H and O–H groups in total. The van der Waals surface area contributed by atoms with Gasteiger partial charge in [-0.15, -0.1) is 0 Å². The highest BCUT2D eigenvalue weighted by Crippen LogP contribution is 2.52. The minimum atomic E-state index is -0.608. The van der Waals surface area contributed by atoms with Gasteiger partial charge in [-0.1, -0.05) is 63.9 Å². The maximum atomic E-state index is 9.17. The van der Waals surface area contributed by atoms with Gasteiger partial charge in [0, 0.05) is 36.3 Å². The highest BCUT2D eigenvalue weighted by Gasteiger charge is 2.45. The molecule has 0 saturated carbocycles. The van der Waals surface area contributed by atoms with Crippen LogP contribution >= 0.6 is 0 Å². The van der Waals surface area contributed by atoms with Crippen molar-refractivity contribution in [3.8, 4) is 17.2 Å². The van der Waals surface area contributed by atoms with E-state index < -0.39 is 5.60 Å². The Morgan fingerprint density at radius 1 is 0.943 bits per heavy atom. The molecule has 186 valence electrons. The van der Waals surface area contributed by atoms with Crippen molar-refractivity contribution in [1.29, 1.82) is 0 Å². The molecule has 0 radical (unpaired) electrons. The van der Waals surface area contributed by atoms with Crippen molar-refractivity contribution in [2.45, 2.75) is 58.7 Å². The van der Waals surface area contributed by atoms with Gasteiger partial charge in [0.1, 0.15) is 29.5 Å². The molecule has 5 heteroatoms. The number of anilines is 1. The van der Waals surface area contributed by atoms with Crippen molar-refractivity contribution < 1.29 is 19.3 Å². The number of benzene rings is 3. The third-order valence-corrected chi connectivity index (χ3v) is 6.51. The van der Waals surface area contributed by atoms with Crippen molar-refractivity contribution in [2.24, 2.45) is 0 Å². The number of unbranched alkanes of at least 4 members (excludes halogenated alkanes) is 2. The van der Waals surface area contributed by atoms with Gasteiger partial charge in [0.15, 0.2) is 0 Å². The zero-order chi connectivity index (χ0) is 24.7. The van der Waals surface area contributed by atoms with Crippen molar-refractivity contribution in [3.05, 3.63) is 82.9 Å². The Hall–Kier alpha value is -3.02. The summed E-state index contributed by atoms with van der Waals surface area (Å²) in [5.41, 5.74) is 4.96. The maximum absolute atomic E-state index is 9.17. The lowest BCUT2D eigenvalue weighted by molar-refractivity contribution is -0.00466. The van der Waals surface area contributed by atoms with E-state index in [1.165, 1.54) is 24.0 Å². The van der Waals surface area contributed by atoms with Gasteiger partial charge in [-0.05, 0) is 41.3 Å². The molecule has 5 rings (SSSR count). The molecule has 3 aromatic rings. The summed E-state index contributed by atoms with van der Waals surface area (Å²) in [6, 6.07) is 20.7. The van der Waals surface area contributed by atoms with E-state index in [1.54, 1.807) is 0 Å². The molecular formula is C30H37NO4. The van der Waals surface area contributed by atoms with E-state index in [0.29, 0.717) is 18.8 Å². The summed E-state index contributed by atoms with van der Waals surface area (Å²) in [4.78, 5) is 0. The van der Waals surface area contributed by atoms with Crippen LogP contribution in [0.2, 0.25) is 0 Å². The lowest BCUT2D eigenvalue weighted by atomic mass is 9.80. The quantitative estimate of drug-likeness (QED) is 0.351. The number of hydrogen-bond donors (Lipinski definition) is 2. The summed E-state index contributed by atoms with van der Waals surface area (Å²) >= 11 is 0. The average Bonchev–Trinajstić information content (AvgIpc) is 3.20. The van der Waals surface area contributed by atoms with Gasteiger partial charge in [-0.25, -0.2) is 0 Å². The predicted octanol–water partition coefficient (Wildman–Crippen LogP) is 6.81. The Morgan fingerprint density at radius 2 is 1.80 bits per heavy atom. The van der Waals surface area contributed by atoms with E-state index >= 15 is 0 Å².